The first-order chi connectivity index (χ1) is 14.1. The van der Waals surface area contributed by atoms with Crippen LogP contribution in [-0.2, 0) is 24.1 Å². The van der Waals surface area contributed by atoms with Crippen LogP contribution in [0.15, 0.2) is 24.3 Å². The highest BCUT2D eigenvalue weighted by molar-refractivity contribution is 7.17. The largest absolute Gasteiger partial charge is 0.365 e. The van der Waals surface area contributed by atoms with Crippen molar-refractivity contribution in [2.24, 2.45) is 17.1 Å². The summed E-state index contributed by atoms with van der Waals surface area (Å²) in [6.07, 6.45) is 3.82. The van der Waals surface area contributed by atoms with Gasteiger partial charge in [0.05, 0.1) is 16.9 Å². The third kappa shape index (κ3) is 4.53. The number of fused-ring (bicyclic) bond motifs is 1. The van der Waals surface area contributed by atoms with Gasteiger partial charge in [-0.05, 0) is 41.7 Å². The zero-order valence-corrected chi connectivity index (χ0v) is 18.3. The molecule has 160 valence electrons. The fraction of sp³-hybridized carbons (Fsp3) is 0.455. The number of anilines is 1. The van der Waals surface area contributed by atoms with E-state index in [9.17, 15) is 19.7 Å². The van der Waals surface area contributed by atoms with Gasteiger partial charge in [0.25, 0.3) is 11.6 Å². The van der Waals surface area contributed by atoms with E-state index in [-0.39, 0.29) is 23.4 Å². The van der Waals surface area contributed by atoms with Gasteiger partial charge in [-0.3, -0.25) is 19.7 Å². The van der Waals surface area contributed by atoms with E-state index in [4.69, 9.17) is 5.73 Å². The molecule has 2 amide bonds. The highest BCUT2D eigenvalue weighted by Gasteiger charge is 2.35. The summed E-state index contributed by atoms with van der Waals surface area (Å²) in [5.41, 5.74) is 7.91. The van der Waals surface area contributed by atoms with E-state index in [1.54, 1.807) is 12.1 Å². The lowest BCUT2D eigenvalue weighted by atomic mass is 9.69. The maximum atomic E-state index is 12.6. The summed E-state index contributed by atoms with van der Waals surface area (Å²) in [5, 5.41) is 14.1. The Morgan fingerprint density at radius 1 is 1.30 bits per heavy atom. The van der Waals surface area contributed by atoms with E-state index in [2.05, 4.69) is 26.1 Å². The number of nitrogens with zero attached hydrogens (tertiary/aromatic N) is 1. The molecule has 8 heteroatoms. The molecule has 7 nitrogen and oxygen atoms in total. The Morgan fingerprint density at radius 2 is 1.97 bits per heavy atom. The zero-order chi connectivity index (χ0) is 22.1. The molecule has 2 aromatic rings. The minimum Gasteiger partial charge on any atom is -0.365 e. The normalized spacial score (nSPS) is 16.0. The number of hydrogen-bond acceptors (Lipinski definition) is 5. The number of carbonyl (C=O) groups excluding carboxylic acids is 2. The minimum absolute atomic E-state index is 0.0225. The summed E-state index contributed by atoms with van der Waals surface area (Å²) in [5.74, 6) is -0.278. The Labute approximate surface area is 179 Å². The quantitative estimate of drug-likeness (QED) is 0.499. The fourth-order valence-corrected chi connectivity index (χ4v) is 5.33. The Bertz CT molecular complexity index is 979. The smallest absolute Gasteiger partial charge is 0.269 e. The van der Waals surface area contributed by atoms with Gasteiger partial charge in [-0.2, -0.15) is 0 Å². The number of thiophene rings is 1. The lowest BCUT2D eigenvalue weighted by Crippen LogP contribution is -2.29. The van der Waals surface area contributed by atoms with Crippen LogP contribution >= 0.6 is 11.3 Å². The maximum absolute atomic E-state index is 12.6. The van der Waals surface area contributed by atoms with Crippen molar-refractivity contribution in [1.82, 2.24) is 0 Å². The van der Waals surface area contributed by atoms with Gasteiger partial charge >= 0.3 is 0 Å². The van der Waals surface area contributed by atoms with Crippen LogP contribution in [0.4, 0.5) is 10.7 Å². The summed E-state index contributed by atoms with van der Waals surface area (Å²) in [4.78, 5) is 36.1. The van der Waals surface area contributed by atoms with Crippen LogP contribution in [0.3, 0.4) is 0 Å². The zero-order valence-electron chi connectivity index (χ0n) is 17.5. The molecule has 0 bridgehead atoms. The number of primary amides is 1. The monoisotopic (exact) mass is 429 g/mol. The number of nitrogens with one attached hydrogen (secondary N) is 1. The van der Waals surface area contributed by atoms with Gasteiger partial charge in [-0.25, -0.2) is 0 Å². The summed E-state index contributed by atoms with van der Waals surface area (Å²) in [7, 11) is 0. The van der Waals surface area contributed by atoms with Crippen LogP contribution in [0.25, 0.3) is 0 Å². The van der Waals surface area contributed by atoms with Crippen molar-refractivity contribution < 1.29 is 14.5 Å². The lowest BCUT2D eigenvalue weighted by molar-refractivity contribution is -0.384. The molecule has 0 unspecified atom stereocenters. The number of carbonyl (C=O) groups is 2. The van der Waals surface area contributed by atoms with Crippen molar-refractivity contribution in [2.75, 3.05) is 5.32 Å². The Morgan fingerprint density at radius 3 is 2.53 bits per heavy atom. The van der Waals surface area contributed by atoms with E-state index < -0.39 is 10.8 Å². The van der Waals surface area contributed by atoms with Crippen LogP contribution < -0.4 is 11.1 Å². The summed E-state index contributed by atoms with van der Waals surface area (Å²) in [6, 6.07) is 5.86. The summed E-state index contributed by atoms with van der Waals surface area (Å²) < 4.78 is 0. The second-order valence-corrected chi connectivity index (χ2v) is 9.61. The van der Waals surface area contributed by atoms with Crippen LogP contribution in [0.5, 0.6) is 0 Å². The first kappa shape index (κ1) is 22.0. The Hall–Kier alpha value is -2.74. The van der Waals surface area contributed by atoms with E-state index in [1.165, 1.54) is 23.5 Å². The van der Waals surface area contributed by atoms with Crippen molar-refractivity contribution >= 4 is 33.8 Å². The molecule has 1 aromatic carbocycles. The highest BCUT2D eigenvalue weighted by atomic mass is 32.1. The molecular weight excluding hydrogens is 402 g/mol. The third-order valence-corrected chi connectivity index (χ3v) is 7.46. The molecule has 0 radical (unpaired) electrons. The highest BCUT2D eigenvalue weighted by Crippen LogP contribution is 2.45. The number of benzene rings is 1. The SMILES string of the molecule is CCC(C)(C)[C@H]1CCc2c(sc(NC(=O)Cc3ccc([N+](=O)[O-])cc3)c2C(N)=O)C1. The standard InChI is InChI=1S/C22H27N3O4S/c1-4-22(2,3)14-7-10-16-17(12-14)30-21(19(16)20(23)27)24-18(26)11-13-5-8-15(9-6-13)25(28)29/h5-6,8-9,14H,4,7,10-12H2,1-3H3,(H2,23,27)(H,24,26)/t14-/m0/s1. The number of nitro benzene ring substituents is 1. The van der Waals surface area contributed by atoms with E-state index >= 15 is 0 Å². The van der Waals surface area contributed by atoms with E-state index in [0.717, 1.165) is 36.1 Å². The number of nitrogens with two attached hydrogens (primary N) is 1. The van der Waals surface area contributed by atoms with E-state index in [0.29, 0.717) is 22.0 Å². The molecule has 0 saturated heterocycles. The molecule has 1 aromatic heterocycles. The van der Waals surface area contributed by atoms with Gasteiger partial charge in [0.15, 0.2) is 0 Å². The molecule has 1 aliphatic rings. The molecule has 1 aliphatic carbocycles. The topological polar surface area (TPSA) is 115 Å². The van der Waals surface area contributed by atoms with Crippen molar-refractivity contribution in [3.63, 3.8) is 0 Å². The second-order valence-electron chi connectivity index (χ2n) is 8.50. The van der Waals surface area contributed by atoms with E-state index in [1.807, 2.05) is 0 Å². The number of rotatable bonds is 7. The first-order valence-electron chi connectivity index (χ1n) is 10.1. The molecule has 3 rings (SSSR count). The number of amides is 2. The average Bonchev–Trinajstić information content (AvgIpc) is 3.05. The minimum atomic E-state index is -0.522. The number of nitro groups is 1. The van der Waals surface area contributed by atoms with Crippen LogP contribution in [0.1, 0.15) is 60.0 Å². The van der Waals surface area contributed by atoms with Gasteiger partial charge in [-0.15, -0.1) is 11.3 Å². The molecule has 1 heterocycles. The van der Waals surface area contributed by atoms with Crippen molar-refractivity contribution in [3.05, 3.63) is 55.9 Å². The number of non-ortho nitro benzene ring substituents is 1. The fourth-order valence-electron chi connectivity index (χ4n) is 3.98. The second kappa shape index (κ2) is 8.55. The number of hydrogen-bond donors (Lipinski definition) is 2. The van der Waals surface area contributed by atoms with Crippen LogP contribution in [0, 0.1) is 21.4 Å². The van der Waals surface area contributed by atoms with Crippen molar-refractivity contribution in [2.45, 2.75) is 52.9 Å². The van der Waals surface area contributed by atoms with Gasteiger partial charge in [0.2, 0.25) is 5.91 Å². The predicted molar refractivity (Wildman–Crippen MR) is 118 cm³/mol. The van der Waals surface area contributed by atoms with Crippen LogP contribution in [0.2, 0.25) is 0 Å². The van der Waals surface area contributed by atoms with Crippen molar-refractivity contribution in [3.8, 4) is 0 Å². The first-order valence-corrected chi connectivity index (χ1v) is 10.9. The van der Waals surface area contributed by atoms with Gasteiger partial charge in [0.1, 0.15) is 5.00 Å². The summed E-state index contributed by atoms with van der Waals surface area (Å²) in [6.45, 7) is 6.75. The van der Waals surface area contributed by atoms with Crippen LogP contribution in [-0.4, -0.2) is 16.7 Å². The molecule has 1 atom stereocenters. The predicted octanol–water partition coefficient (Wildman–Crippen LogP) is 4.48. The lowest BCUT2D eigenvalue weighted by Gasteiger charge is -2.36. The average molecular weight is 430 g/mol. The van der Waals surface area contributed by atoms with Gasteiger partial charge in [0, 0.05) is 17.0 Å². The molecule has 30 heavy (non-hydrogen) atoms. The maximum Gasteiger partial charge on any atom is 0.269 e. The Balaban J connectivity index is 1.78. The van der Waals surface area contributed by atoms with Crippen molar-refractivity contribution in [1.29, 1.82) is 0 Å². The Kier molecular flexibility index (Phi) is 6.26. The molecule has 0 aliphatic heterocycles. The third-order valence-electron chi connectivity index (χ3n) is 6.29. The van der Waals surface area contributed by atoms with Gasteiger partial charge in [-0.1, -0.05) is 39.3 Å². The van der Waals surface area contributed by atoms with Gasteiger partial charge < -0.3 is 11.1 Å². The molecule has 0 saturated carbocycles. The molecular formula is C22H27N3O4S. The molecule has 0 spiro atoms. The summed E-state index contributed by atoms with van der Waals surface area (Å²) >= 11 is 1.44. The molecule has 3 N–H and O–H groups in total. The molecule has 0 fully saturated rings.